The maximum absolute atomic E-state index is 14.9. The number of amides is 4. The minimum Gasteiger partial charge on any atom is -0.508 e. The monoisotopic (exact) mass is 739 g/mol. The molecule has 0 spiro atoms. The number of phenolic OH excluding ortho intramolecular Hbond substituents is 1. The second kappa shape index (κ2) is 14.8. The van der Waals surface area contributed by atoms with E-state index < -0.39 is 6.09 Å². The number of carbonyl (C=O) groups is 4. The number of hydrogen-bond acceptors (Lipinski definition) is 6. The summed E-state index contributed by atoms with van der Waals surface area (Å²) < 4.78 is 7.76. The van der Waals surface area contributed by atoms with Gasteiger partial charge in [-0.05, 0) is 104 Å². The van der Waals surface area contributed by atoms with E-state index in [0.29, 0.717) is 41.9 Å². The van der Waals surface area contributed by atoms with Gasteiger partial charge in [0.15, 0.2) is 0 Å². The molecule has 282 valence electrons. The summed E-state index contributed by atoms with van der Waals surface area (Å²) in [6.45, 7) is 4.99. The maximum Gasteiger partial charge on any atom is 0.415 e. The van der Waals surface area contributed by atoms with Gasteiger partial charge < -0.3 is 34.0 Å². The van der Waals surface area contributed by atoms with Crippen LogP contribution in [0.15, 0.2) is 91.0 Å². The molecule has 0 bridgehead atoms. The summed E-state index contributed by atoms with van der Waals surface area (Å²) in [5.41, 5.74) is 8.21. The highest BCUT2D eigenvalue weighted by atomic mass is 16.6. The van der Waals surface area contributed by atoms with Crippen molar-refractivity contribution < 1.29 is 29.0 Å². The smallest absolute Gasteiger partial charge is 0.415 e. The first kappa shape index (κ1) is 37.0. The van der Waals surface area contributed by atoms with Crippen molar-refractivity contribution >= 4 is 29.5 Å². The van der Waals surface area contributed by atoms with E-state index in [4.69, 9.17) is 4.74 Å². The quantitative estimate of drug-likeness (QED) is 0.204. The Hall–Kier alpha value is -6.36. The van der Waals surface area contributed by atoms with E-state index in [1.165, 1.54) is 10.5 Å². The van der Waals surface area contributed by atoms with Gasteiger partial charge in [-0.25, -0.2) is 4.79 Å². The van der Waals surface area contributed by atoms with Crippen molar-refractivity contribution in [1.82, 2.24) is 19.3 Å². The highest BCUT2D eigenvalue weighted by Crippen LogP contribution is 2.36. The average molecular weight is 740 g/mol. The third-order valence-electron chi connectivity index (χ3n) is 10.9. The lowest BCUT2D eigenvalue weighted by Gasteiger charge is -2.36. The van der Waals surface area contributed by atoms with Gasteiger partial charge in [0.2, 0.25) is 0 Å². The van der Waals surface area contributed by atoms with Gasteiger partial charge in [0.25, 0.3) is 17.7 Å². The molecule has 1 N–H and O–H groups in total. The van der Waals surface area contributed by atoms with Gasteiger partial charge in [-0.3, -0.25) is 14.4 Å². The summed E-state index contributed by atoms with van der Waals surface area (Å²) in [7, 11) is 6.88. The van der Waals surface area contributed by atoms with Crippen molar-refractivity contribution in [2.45, 2.75) is 45.8 Å². The number of aromatic hydroxyl groups is 1. The average Bonchev–Trinajstić information content (AvgIpc) is 3.48. The molecule has 1 aromatic heterocycles. The molecule has 4 amide bonds. The van der Waals surface area contributed by atoms with E-state index in [-0.39, 0.29) is 47.4 Å². The van der Waals surface area contributed by atoms with Crippen molar-refractivity contribution in [3.8, 4) is 22.8 Å². The SMILES string of the molecule is Cc1c(C(=O)N(C)c2ccc(O)cc2)cc(-c2cc3c(cc2C(=O)N2Cc4ccccc4C[C@H]2C)CN(C(=O)Oc2ccccc2C(=O)N(C)C)CC3)n1C. The molecule has 55 heavy (non-hydrogen) atoms. The predicted molar refractivity (Wildman–Crippen MR) is 211 cm³/mol. The maximum atomic E-state index is 14.9. The van der Waals surface area contributed by atoms with E-state index in [9.17, 15) is 24.3 Å². The van der Waals surface area contributed by atoms with Crippen molar-refractivity contribution in [2.24, 2.45) is 7.05 Å². The van der Waals surface area contributed by atoms with Gasteiger partial charge in [0, 0.05) is 82.1 Å². The summed E-state index contributed by atoms with van der Waals surface area (Å²) in [5.74, 6) is -0.335. The van der Waals surface area contributed by atoms with E-state index in [1.807, 2.05) is 53.8 Å². The van der Waals surface area contributed by atoms with Crippen LogP contribution in [0, 0.1) is 6.92 Å². The second-order valence-electron chi connectivity index (χ2n) is 14.6. The number of nitrogens with zero attached hydrogens (tertiary/aromatic N) is 5. The fourth-order valence-corrected chi connectivity index (χ4v) is 7.54. The number of anilines is 1. The Morgan fingerprint density at radius 2 is 1.45 bits per heavy atom. The molecule has 7 rings (SSSR count). The van der Waals surface area contributed by atoms with Crippen LogP contribution in [0.25, 0.3) is 11.3 Å². The Morgan fingerprint density at radius 3 is 2.18 bits per heavy atom. The Labute approximate surface area is 320 Å². The van der Waals surface area contributed by atoms with Gasteiger partial charge in [0.05, 0.1) is 11.1 Å². The molecule has 2 aliphatic rings. The number of aromatic nitrogens is 1. The van der Waals surface area contributed by atoms with Crippen LogP contribution in [-0.2, 0) is 33.0 Å². The Bertz CT molecular complexity index is 2330. The molecule has 0 radical (unpaired) electrons. The lowest BCUT2D eigenvalue weighted by atomic mass is 9.90. The molecule has 0 unspecified atom stereocenters. The summed E-state index contributed by atoms with van der Waals surface area (Å²) in [4.78, 5) is 61.7. The van der Waals surface area contributed by atoms with E-state index >= 15 is 0 Å². The molecule has 1 atom stereocenters. The zero-order chi connectivity index (χ0) is 39.1. The van der Waals surface area contributed by atoms with Gasteiger partial charge >= 0.3 is 6.09 Å². The van der Waals surface area contributed by atoms with Gasteiger partial charge in [-0.15, -0.1) is 0 Å². The molecule has 5 aromatic rings. The first-order chi connectivity index (χ1) is 26.3. The van der Waals surface area contributed by atoms with E-state index in [2.05, 4.69) is 19.1 Å². The summed E-state index contributed by atoms with van der Waals surface area (Å²) in [6.07, 6.45) is 0.656. The molecule has 4 aromatic carbocycles. The number of phenols is 1. The fraction of sp³-hybridized carbons (Fsp3) is 0.273. The van der Waals surface area contributed by atoms with Crippen LogP contribution in [0.3, 0.4) is 0 Å². The van der Waals surface area contributed by atoms with Gasteiger partial charge in [0.1, 0.15) is 11.5 Å². The number of carbonyl (C=O) groups excluding carboxylic acids is 4. The van der Waals surface area contributed by atoms with Crippen molar-refractivity contribution in [3.63, 3.8) is 0 Å². The number of rotatable bonds is 6. The molecule has 3 heterocycles. The molecule has 0 saturated heterocycles. The summed E-state index contributed by atoms with van der Waals surface area (Å²) in [6, 6.07) is 27.0. The zero-order valence-electron chi connectivity index (χ0n) is 32.0. The number of ether oxygens (including phenoxy) is 1. The van der Waals surface area contributed by atoms with E-state index in [1.54, 1.807) is 79.5 Å². The highest BCUT2D eigenvalue weighted by Gasteiger charge is 2.33. The third-order valence-corrected chi connectivity index (χ3v) is 10.9. The first-order valence-corrected chi connectivity index (χ1v) is 18.4. The first-order valence-electron chi connectivity index (χ1n) is 18.4. The molecule has 11 nitrogen and oxygen atoms in total. The summed E-state index contributed by atoms with van der Waals surface area (Å²) in [5, 5.41) is 9.79. The normalized spacial score (nSPS) is 14.8. The van der Waals surface area contributed by atoms with Crippen LogP contribution < -0.4 is 9.64 Å². The van der Waals surface area contributed by atoms with Crippen molar-refractivity contribution in [3.05, 3.63) is 136 Å². The Morgan fingerprint density at radius 1 is 0.764 bits per heavy atom. The highest BCUT2D eigenvalue weighted by molar-refractivity contribution is 6.08. The Kier molecular flexibility index (Phi) is 9.96. The van der Waals surface area contributed by atoms with Gasteiger partial charge in [-0.2, -0.15) is 0 Å². The number of fused-ring (bicyclic) bond motifs is 2. The molecule has 0 saturated carbocycles. The van der Waals surface area contributed by atoms with Crippen LogP contribution in [0.5, 0.6) is 11.5 Å². The second-order valence-corrected chi connectivity index (χ2v) is 14.6. The molecular formula is C44H45N5O6. The lowest BCUT2D eigenvalue weighted by molar-refractivity contribution is 0.0658. The topological polar surface area (TPSA) is 116 Å². The fourth-order valence-electron chi connectivity index (χ4n) is 7.54. The number of benzene rings is 4. The minimum atomic E-state index is -0.582. The van der Waals surface area contributed by atoms with E-state index in [0.717, 1.165) is 34.5 Å². The third kappa shape index (κ3) is 7.05. The lowest BCUT2D eigenvalue weighted by Crippen LogP contribution is -2.43. The number of hydrogen-bond donors (Lipinski definition) is 1. The molecule has 0 aliphatic carbocycles. The standard InChI is InChI=1S/C44H45N5O6/c1-27-21-29-11-7-8-12-31(29)26-49(27)43(53)38-23-32-25-48(44(54)55-40-14-10-9-13-35(40)41(51)45(3)4)20-19-30(32)22-37(38)39-24-36(28(2)46(39)5)42(52)47(6)33-15-17-34(50)18-16-33/h7-18,22-24,27,50H,19-21,25-26H2,1-6H3/t27-/m1/s1. The van der Waals surface area contributed by atoms with Crippen LogP contribution >= 0.6 is 0 Å². The molecular weight excluding hydrogens is 695 g/mol. The molecule has 11 heteroatoms. The summed E-state index contributed by atoms with van der Waals surface area (Å²) >= 11 is 0. The van der Waals surface area contributed by atoms with Crippen LogP contribution in [0.2, 0.25) is 0 Å². The minimum absolute atomic E-state index is 0.0612. The van der Waals surface area contributed by atoms with Crippen LogP contribution in [-0.4, -0.2) is 81.9 Å². The Balaban J connectivity index is 1.26. The van der Waals surface area contributed by atoms with Crippen LogP contribution in [0.1, 0.15) is 65.9 Å². The van der Waals surface area contributed by atoms with Crippen molar-refractivity contribution in [1.29, 1.82) is 0 Å². The van der Waals surface area contributed by atoms with Gasteiger partial charge in [-0.1, -0.05) is 36.4 Å². The van der Waals surface area contributed by atoms with Crippen LogP contribution in [0.4, 0.5) is 10.5 Å². The predicted octanol–water partition coefficient (Wildman–Crippen LogP) is 6.83. The molecule has 2 aliphatic heterocycles. The van der Waals surface area contributed by atoms with Crippen molar-refractivity contribution in [2.75, 3.05) is 32.6 Å². The molecule has 0 fully saturated rings. The zero-order valence-corrected chi connectivity index (χ0v) is 32.0. The largest absolute Gasteiger partial charge is 0.508 e. The number of para-hydroxylation sites is 1.